The first-order chi connectivity index (χ1) is 15.2. The molecule has 11 heteroatoms. The van der Waals surface area contributed by atoms with Crippen molar-refractivity contribution in [2.45, 2.75) is 28.3 Å². The van der Waals surface area contributed by atoms with Crippen molar-refractivity contribution in [3.05, 3.63) is 65.7 Å². The smallest absolute Gasteiger partial charge is 0.323 e. The predicted molar refractivity (Wildman–Crippen MR) is 124 cm³/mol. The van der Waals surface area contributed by atoms with Crippen LogP contribution in [0.25, 0.3) is 10.9 Å². The minimum atomic E-state index is -3.94. The molecule has 0 bridgehead atoms. The summed E-state index contributed by atoms with van der Waals surface area (Å²) in [6.07, 6.45) is 2.82. The largest absolute Gasteiger partial charge is 0.480 e. The molecule has 2 N–H and O–H groups in total. The quantitative estimate of drug-likeness (QED) is 0.398. The number of aryl methyl sites for hydroxylation is 1. The lowest BCUT2D eigenvalue weighted by Gasteiger charge is -2.10. The molecule has 166 valence electrons. The molecule has 4 rings (SSSR count). The molecule has 2 aromatic carbocycles. The third-order valence-corrected chi connectivity index (χ3v) is 7.54. The summed E-state index contributed by atoms with van der Waals surface area (Å²) >= 11 is 7.41. The summed E-state index contributed by atoms with van der Waals surface area (Å²) in [7, 11) is -2.26. The van der Waals surface area contributed by atoms with Gasteiger partial charge >= 0.3 is 5.97 Å². The summed E-state index contributed by atoms with van der Waals surface area (Å²) in [5.74, 6) is -0.993. The maximum Gasteiger partial charge on any atom is 0.323 e. The molecule has 0 aliphatic heterocycles. The van der Waals surface area contributed by atoms with Gasteiger partial charge in [-0.3, -0.25) is 9.52 Å². The van der Waals surface area contributed by atoms with Gasteiger partial charge in [0.2, 0.25) is 0 Å². The molecular formula is C21H19ClN4O4S2. The van der Waals surface area contributed by atoms with Gasteiger partial charge in [0.05, 0.1) is 17.5 Å². The molecule has 4 aromatic rings. The molecule has 0 radical (unpaired) electrons. The minimum absolute atomic E-state index is 0.106. The van der Waals surface area contributed by atoms with Crippen molar-refractivity contribution in [3.63, 3.8) is 0 Å². The van der Waals surface area contributed by atoms with Gasteiger partial charge in [-0.15, -0.1) is 0 Å². The lowest BCUT2D eigenvalue weighted by atomic mass is 10.2. The standard InChI is InChI=1S/C21H19ClN4O4S2/c1-13-21(31-15-8-6-14(22)7-9-15)20-16(4-3-5-17(20)26(13)11-19(27)28)24-32(29,30)18-10-25(2)12-23-18/h3-10,12,24H,11H2,1-2H3,(H,27,28). The molecule has 0 atom stereocenters. The Morgan fingerprint density at radius 3 is 2.56 bits per heavy atom. The van der Waals surface area contributed by atoms with Crippen LogP contribution in [-0.2, 0) is 28.4 Å². The minimum Gasteiger partial charge on any atom is -0.480 e. The van der Waals surface area contributed by atoms with Crippen molar-refractivity contribution in [1.29, 1.82) is 0 Å². The van der Waals surface area contributed by atoms with Crippen molar-refractivity contribution in [2.24, 2.45) is 7.05 Å². The highest BCUT2D eigenvalue weighted by molar-refractivity contribution is 7.99. The monoisotopic (exact) mass is 490 g/mol. The number of sulfonamides is 1. The summed E-state index contributed by atoms with van der Waals surface area (Å²) in [4.78, 5) is 17.1. The number of nitrogens with one attached hydrogen (secondary N) is 1. The number of hydrogen-bond acceptors (Lipinski definition) is 5. The van der Waals surface area contributed by atoms with Crippen LogP contribution in [-0.4, -0.2) is 33.6 Å². The topological polar surface area (TPSA) is 106 Å². The zero-order valence-electron chi connectivity index (χ0n) is 17.1. The number of aliphatic carboxylic acids is 1. The maximum absolute atomic E-state index is 12.9. The first-order valence-corrected chi connectivity index (χ1v) is 12.1. The zero-order chi connectivity index (χ0) is 23.0. The van der Waals surface area contributed by atoms with E-state index in [2.05, 4.69) is 9.71 Å². The number of nitrogens with zero attached hydrogens (tertiary/aromatic N) is 3. The fraction of sp³-hybridized carbons (Fsp3) is 0.143. The average Bonchev–Trinajstić information content (AvgIpc) is 3.28. The number of anilines is 1. The van der Waals surface area contributed by atoms with Gasteiger partial charge in [-0.25, -0.2) is 4.98 Å². The van der Waals surface area contributed by atoms with E-state index in [4.69, 9.17) is 11.6 Å². The average molecular weight is 491 g/mol. The molecule has 0 spiro atoms. The first kappa shape index (κ1) is 22.3. The molecule has 0 aliphatic rings. The molecule has 0 aliphatic carbocycles. The number of fused-ring (bicyclic) bond motifs is 1. The number of hydrogen-bond donors (Lipinski definition) is 2. The summed E-state index contributed by atoms with van der Waals surface area (Å²) < 4.78 is 31.7. The van der Waals surface area contributed by atoms with Gasteiger partial charge < -0.3 is 14.2 Å². The second-order valence-electron chi connectivity index (χ2n) is 7.13. The van der Waals surface area contributed by atoms with Gasteiger partial charge in [-0.2, -0.15) is 8.42 Å². The number of carboxylic acid groups (broad SMARTS) is 1. The van der Waals surface area contributed by atoms with E-state index in [-0.39, 0.29) is 11.6 Å². The zero-order valence-corrected chi connectivity index (χ0v) is 19.5. The second kappa shape index (κ2) is 8.53. The van der Waals surface area contributed by atoms with Crippen molar-refractivity contribution < 1.29 is 18.3 Å². The Morgan fingerprint density at radius 1 is 1.22 bits per heavy atom. The molecule has 2 heterocycles. The van der Waals surface area contributed by atoms with Crippen LogP contribution < -0.4 is 4.72 Å². The van der Waals surface area contributed by atoms with Gasteiger partial charge in [0.15, 0.2) is 5.03 Å². The van der Waals surface area contributed by atoms with Crippen LogP contribution in [0.1, 0.15) is 5.69 Å². The Morgan fingerprint density at radius 2 is 1.94 bits per heavy atom. The third kappa shape index (κ3) is 4.34. The van der Waals surface area contributed by atoms with Crippen molar-refractivity contribution in [2.75, 3.05) is 4.72 Å². The fourth-order valence-electron chi connectivity index (χ4n) is 3.38. The van der Waals surface area contributed by atoms with E-state index in [0.29, 0.717) is 27.3 Å². The number of rotatable bonds is 7. The Hall–Kier alpha value is -2.95. The number of carbonyl (C=O) groups is 1. The maximum atomic E-state index is 12.9. The van der Waals surface area contributed by atoms with Crippen LogP contribution in [0.4, 0.5) is 5.69 Å². The Bertz CT molecular complexity index is 1430. The fourth-order valence-corrected chi connectivity index (χ4v) is 5.65. The van der Waals surface area contributed by atoms with E-state index in [9.17, 15) is 18.3 Å². The lowest BCUT2D eigenvalue weighted by molar-refractivity contribution is -0.137. The Labute approximate surface area is 193 Å². The van der Waals surface area contributed by atoms with Crippen LogP contribution >= 0.6 is 23.4 Å². The normalized spacial score (nSPS) is 11.7. The number of benzene rings is 2. The van der Waals surface area contributed by atoms with Crippen LogP contribution in [0, 0.1) is 6.92 Å². The molecule has 32 heavy (non-hydrogen) atoms. The van der Waals surface area contributed by atoms with Gasteiger partial charge in [0.25, 0.3) is 10.0 Å². The number of aromatic nitrogens is 3. The third-order valence-electron chi connectivity index (χ3n) is 4.82. The van der Waals surface area contributed by atoms with E-state index in [1.54, 1.807) is 46.5 Å². The summed E-state index contributed by atoms with van der Waals surface area (Å²) in [5, 5.41) is 10.5. The molecule has 2 aromatic heterocycles. The van der Waals surface area contributed by atoms with Gasteiger partial charge in [-0.05, 0) is 43.3 Å². The van der Waals surface area contributed by atoms with Gasteiger partial charge in [0.1, 0.15) is 6.54 Å². The number of halogens is 1. The van der Waals surface area contributed by atoms with Crippen LogP contribution in [0.3, 0.4) is 0 Å². The van der Waals surface area contributed by atoms with Crippen molar-refractivity contribution in [3.8, 4) is 0 Å². The first-order valence-electron chi connectivity index (χ1n) is 9.43. The van der Waals surface area contributed by atoms with Crippen molar-refractivity contribution in [1.82, 2.24) is 14.1 Å². The molecular weight excluding hydrogens is 472 g/mol. The van der Waals surface area contributed by atoms with E-state index in [1.165, 1.54) is 24.3 Å². The SMILES string of the molecule is Cc1c(Sc2ccc(Cl)cc2)c2c(NS(=O)(=O)c3cn(C)cn3)cccc2n1CC(=O)O. The van der Waals surface area contributed by atoms with E-state index in [1.807, 2.05) is 19.1 Å². The van der Waals surface area contributed by atoms with E-state index >= 15 is 0 Å². The Balaban J connectivity index is 1.88. The Kier molecular flexibility index (Phi) is 5.93. The molecule has 0 unspecified atom stereocenters. The predicted octanol–water partition coefficient (Wildman–Crippen LogP) is 4.37. The second-order valence-corrected chi connectivity index (χ2v) is 10.3. The van der Waals surface area contributed by atoms with Gasteiger partial charge in [0, 0.05) is 39.1 Å². The van der Waals surface area contributed by atoms with Gasteiger partial charge in [-0.1, -0.05) is 29.4 Å². The summed E-state index contributed by atoms with van der Waals surface area (Å²) in [5.41, 5.74) is 1.67. The molecule has 0 amide bonds. The highest BCUT2D eigenvalue weighted by Gasteiger charge is 2.23. The van der Waals surface area contributed by atoms with Crippen molar-refractivity contribution >= 4 is 55.9 Å². The molecule has 0 fully saturated rings. The van der Waals surface area contributed by atoms with E-state index in [0.717, 1.165) is 9.79 Å². The van der Waals surface area contributed by atoms with Crippen LogP contribution in [0.5, 0.6) is 0 Å². The highest BCUT2D eigenvalue weighted by Crippen LogP contribution is 2.42. The number of carboxylic acids is 1. The highest BCUT2D eigenvalue weighted by atomic mass is 35.5. The molecule has 0 saturated carbocycles. The molecule has 0 saturated heterocycles. The summed E-state index contributed by atoms with van der Waals surface area (Å²) in [6, 6.07) is 12.4. The summed E-state index contributed by atoms with van der Waals surface area (Å²) in [6.45, 7) is 1.57. The van der Waals surface area contributed by atoms with Crippen LogP contribution in [0.15, 0.2) is 69.8 Å². The number of imidazole rings is 1. The molecule has 8 nitrogen and oxygen atoms in total. The lowest BCUT2D eigenvalue weighted by Crippen LogP contribution is -2.13. The van der Waals surface area contributed by atoms with E-state index < -0.39 is 16.0 Å². The van der Waals surface area contributed by atoms with Crippen LogP contribution in [0.2, 0.25) is 5.02 Å².